The average molecular weight is 619 g/mol. The summed E-state index contributed by atoms with van der Waals surface area (Å²) in [6, 6.07) is 13.4. The lowest BCUT2D eigenvalue weighted by molar-refractivity contribution is -0.117. The molecule has 0 N–H and O–H groups in total. The number of Topliss-reactive ketones (excluding diaryl/α,β-unsaturated/α-hetero) is 1. The van der Waals surface area contributed by atoms with Crippen LogP contribution in [0.1, 0.15) is 36.6 Å². The minimum atomic E-state index is -4.59. The van der Waals surface area contributed by atoms with Crippen LogP contribution in [0.5, 0.6) is 0 Å². The van der Waals surface area contributed by atoms with Crippen LogP contribution in [0, 0.1) is 9.49 Å². The Morgan fingerprint density at radius 1 is 1.19 bits per heavy atom. The molecule has 0 aliphatic heterocycles. The van der Waals surface area contributed by atoms with Gasteiger partial charge in [0.25, 0.3) is 10.9 Å². The molecule has 0 amide bonds. The van der Waals surface area contributed by atoms with Crippen LogP contribution in [0.3, 0.4) is 0 Å². The van der Waals surface area contributed by atoms with Gasteiger partial charge in [-0.15, -0.1) is 10.2 Å². The minimum absolute atomic E-state index is 0.0946. The molecule has 1 saturated carbocycles. The van der Waals surface area contributed by atoms with Crippen LogP contribution in [-0.4, -0.2) is 24.4 Å². The number of sulfone groups is 1. The van der Waals surface area contributed by atoms with E-state index in [1.54, 1.807) is 6.07 Å². The van der Waals surface area contributed by atoms with Gasteiger partial charge in [0.05, 0.1) is 11.3 Å². The van der Waals surface area contributed by atoms with Crippen molar-refractivity contribution in [3.63, 3.8) is 0 Å². The lowest BCUT2D eigenvalue weighted by atomic mass is 10.0. The highest BCUT2D eigenvalue weighted by Crippen LogP contribution is 2.48. The number of ketones is 1. The third kappa shape index (κ3) is 4.34. The van der Waals surface area contributed by atoms with Crippen LogP contribution in [-0.2, 0) is 26.1 Å². The summed E-state index contributed by atoms with van der Waals surface area (Å²) >= 11 is 5.41. The number of hydrogen-bond acceptors (Lipinski definition) is 6. The predicted molar refractivity (Wildman–Crippen MR) is 123 cm³/mol. The van der Waals surface area contributed by atoms with Gasteiger partial charge in [0.2, 0.25) is 15.7 Å². The Hall–Kier alpha value is -1.66. The van der Waals surface area contributed by atoms with E-state index in [4.69, 9.17) is 4.42 Å². The molecule has 0 spiro atoms. The maximum Gasteiger partial charge on any atom is 0.294 e. The third-order valence-electron chi connectivity index (χ3n) is 5.30. The Morgan fingerprint density at radius 3 is 2.58 bits per heavy atom. The molecule has 0 bridgehead atoms. The number of carbonyl (C=O) groups is 1. The van der Waals surface area contributed by atoms with Gasteiger partial charge in [-0.1, -0.05) is 34.1 Å². The number of aromatic nitrogens is 2. The van der Waals surface area contributed by atoms with Gasteiger partial charge < -0.3 is 4.42 Å². The summed E-state index contributed by atoms with van der Waals surface area (Å²) in [5.74, 6) is -1.81. The molecule has 0 radical (unpaired) electrons. The van der Waals surface area contributed by atoms with Crippen molar-refractivity contribution in [2.24, 2.45) is 5.92 Å². The summed E-state index contributed by atoms with van der Waals surface area (Å²) in [5.41, 5.74) is 0.867. The Morgan fingerprint density at radius 2 is 1.94 bits per heavy atom. The first-order valence-corrected chi connectivity index (χ1v) is 12.8. The zero-order valence-corrected chi connectivity index (χ0v) is 20.7. The van der Waals surface area contributed by atoms with Gasteiger partial charge >= 0.3 is 0 Å². The van der Waals surface area contributed by atoms with Crippen molar-refractivity contribution in [3.8, 4) is 0 Å². The molecule has 1 aliphatic carbocycles. The molecular weight excluding hydrogens is 602 g/mol. The van der Waals surface area contributed by atoms with E-state index in [-0.39, 0.29) is 42.3 Å². The summed E-state index contributed by atoms with van der Waals surface area (Å²) < 4.78 is 50.7. The second-order valence-electron chi connectivity index (χ2n) is 7.39. The highest BCUT2D eigenvalue weighted by Gasteiger charge is 2.59. The third-order valence-corrected chi connectivity index (χ3v) is 8.67. The fourth-order valence-corrected chi connectivity index (χ4v) is 6.43. The largest absolute Gasteiger partial charge is 0.420 e. The van der Waals surface area contributed by atoms with E-state index in [9.17, 15) is 13.2 Å². The maximum atomic E-state index is 16.7. The van der Waals surface area contributed by atoms with Crippen LogP contribution in [0.25, 0.3) is 0 Å². The monoisotopic (exact) mass is 618 g/mol. The molecule has 2 atom stereocenters. The second-order valence-corrected chi connectivity index (χ2v) is 11.6. The van der Waals surface area contributed by atoms with Crippen molar-refractivity contribution in [2.45, 2.75) is 35.6 Å². The number of hydrogen-bond donors (Lipinski definition) is 0. The van der Waals surface area contributed by atoms with Gasteiger partial charge in [0.1, 0.15) is 5.78 Å². The molecule has 1 heterocycles. The Kier molecular flexibility index (Phi) is 6.32. The SMILES string of the molecule is O=C1CCC(C(F)(c2nnc(Cc3ccc(I)cc3)o2)S(=O)(=O)c2cccc(Br)c2)C1. The summed E-state index contributed by atoms with van der Waals surface area (Å²) in [4.78, 5) is 11.7. The second kappa shape index (κ2) is 8.70. The molecule has 4 rings (SSSR count). The number of benzene rings is 2. The van der Waals surface area contributed by atoms with Crippen molar-refractivity contribution < 1.29 is 22.0 Å². The minimum Gasteiger partial charge on any atom is -0.420 e. The van der Waals surface area contributed by atoms with Gasteiger partial charge in [0.15, 0.2) is 0 Å². The molecule has 6 nitrogen and oxygen atoms in total. The molecule has 162 valence electrons. The Labute approximate surface area is 200 Å². The van der Waals surface area contributed by atoms with Gasteiger partial charge in [-0.2, -0.15) is 0 Å². The van der Waals surface area contributed by atoms with Gasteiger partial charge in [-0.3, -0.25) is 4.79 Å². The first kappa shape index (κ1) is 22.5. The topological polar surface area (TPSA) is 90.1 Å². The Balaban J connectivity index is 1.76. The normalized spacial score (nSPS) is 18.8. The smallest absolute Gasteiger partial charge is 0.294 e. The Bertz CT molecular complexity index is 1230. The van der Waals surface area contributed by atoms with Crippen LogP contribution in [0.2, 0.25) is 0 Å². The van der Waals surface area contributed by atoms with E-state index in [2.05, 4.69) is 48.7 Å². The lowest BCUT2D eigenvalue weighted by Crippen LogP contribution is -2.38. The average Bonchev–Trinajstić information content (AvgIpc) is 3.38. The lowest BCUT2D eigenvalue weighted by Gasteiger charge is -2.27. The molecule has 1 fully saturated rings. The number of rotatable bonds is 6. The van der Waals surface area contributed by atoms with Crippen LogP contribution in [0.4, 0.5) is 4.39 Å². The van der Waals surface area contributed by atoms with E-state index >= 15 is 4.39 Å². The summed E-state index contributed by atoms with van der Waals surface area (Å²) in [6.45, 7) is 0. The van der Waals surface area contributed by atoms with E-state index in [1.807, 2.05) is 24.3 Å². The van der Waals surface area contributed by atoms with E-state index < -0.39 is 26.6 Å². The molecular formula is C21H17BrFIN2O4S. The number of nitrogens with zero attached hydrogens (tertiary/aromatic N) is 2. The first-order valence-electron chi connectivity index (χ1n) is 9.48. The molecule has 10 heteroatoms. The summed E-state index contributed by atoms with van der Waals surface area (Å²) in [5, 5.41) is 4.69. The first-order chi connectivity index (χ1) is 14.7. The molecule has 1 aromatic heterocycles. The van der Waals surface area contributed by atoms with Crippen molar-refractivity contribution >= 4 is 54.1 Å². The van der Waals surface area contributed by atoms with Crippen molar-refractivity contribution in [3.05, 3.63) is 73.9 Å². The molecule has 1 aliphatic rings. The molecule has 0 saturated heterocycles. The quantitative estimate of drug-likeness (QED) is 0.362. The van der Waals surface area contributed by atoms with Crippen LogP contribution in [0.15, 0.2) is 62.3 Å². The molecule has 3 aromatic rings. The van der Waals surface area contributed by atoms with Crippen molar-refractivity contribution in [1.29, 1.82) is 0 Å². The highest BCUT2D eigenvalue weighted by atomic mass is 127. The molecule has 2 aromatic carbocycles. The molecule has 2 unspecified atom stereocenters. The fraction of sp³-hybridized carbons (Fsp3) is 0.286. The zero-order valence-electron chi connectivity index (χ0n) is 16.1. The van der Waals surface area contributed by atoms with E-state index in [0.717, 1.165) is 9.13 Å². The van der Waals surface area contributed by atoms with Crippen molar-refractivity contribution in [2.75, 3.05) is 0 Å². The number of alkyl halides is 1. The predicted octanol–water partition coefficient (Wildman–Crippen LogP) is 4.99. The van der Waals surface area contributed by atoms with Crippen LogP contribution < -0.4 is 0 Å². The molecule has 31 heavy (non-hydrogen) atoms. The van der Waals surface area contributed by atoms with E-state index in [0.29, 0.717) is 4.47 Å². The maximum absolute atomic E-state index is 16.7. The van der Waals surface area contributed by atoms with Gasteiger partial charge in [-0.25, -0.2) is 12.8 Å². The highest BCUT2D eigenvalue weighted by molar-refractivity contribution is 14.1. The van der Waals surface area contributed by atoms with Crippen molar-refractivity contribution in [1.82, 2.24) is 10.2 Å². The number of carbonyl (C=O) groups excluding carboxylic acids is 1. The standard InChI is InChI=1S/C21H17BrFIN2O4S/c22-15-2-1-3-18(12-15)31(28,29)21(23,14-6-9-17(27)11-14)20-26-25-19(30-20)10-13-4-7-16(24)8-5-13/h1-5,7-8,12,14H,6,9-11H2. The fourth-order valence-electron chi connectivity index (χ4n) is 3.69. The van der Waals surface area contributed by atoms with Crippen LogP contribution >= 0.6 is 38.5 Å². The zero-order chi connectivity index (χ0) is 22.2. The summed E-state index contributed by atoms with van der Waals surface area (Å²) in [6.07, 6.45) is 0.254. The summed E-state index contributed by atoms with van der Waals surface area (Å²) in [7, 11) is -4.59. The van der Waals surface area contributed by atoms with Gasteiger partial charge in [-0.05, 0) is 64.9 Å². The number of halogens is 3. The van der Waals surface area contributed by atoms with Gasteiger partial charge in [0, 0.05) is 26.8 Å². The van der Waals surface area contributed by atoms with E-state index in [1.165, 1.54) is 18.2 Å².